The number of H-pyrrole nitrogens is 1. The van der Waals surface area contributed by atoms with Crippen LogP contribution in [0.25, 0.3) is 45.3 Å². The Hall–Kier alpha value is -5.11. The van der Waals surface area contributed by atoms with Crippen molar-refractivity contribution in [1.29, 1.82) is 0 Å². The van der Waals surface area contributed by atoms with Gasteiger partial charge in [-0.1, -0.05) is 48.5 Å². The molecule has 8 heteroatoms. The number of hydrogen-bond acceptors (Lipinski definition) is 6. The van der Waals surface area contributed by atoms with Gasteiger partial charge in [0, 0.05) is 16.3 Å². The van der Waals surface area contributed by atoms with Gasteiger partial charge in [-0.25, -0.2) is 9.67 Å². The van der Waals surface area contributed by atoms with Crippen LogP contribution in [0.3, 0.4) is 0 Å². The molecule has 6 aromatic rings. The Morgan fingerprint density at radius 1 is 0.919 bits per heavy atom. The zero-order valence-electron chi connectivity index (χ0n) is 20.0. The maximum absolute atomic E-state index is 12.8. The van der Waals surface area contributed by atoms with Crippen LogP contribution in [-0.2, 0) is 6.54 Å². The van der Waals surface area contributed by atoms with Crippen molar-refractivity contribution in [3.05, 3.63) is 112 Å². The minimum absolute atomic E-state index is 0.256. The highest BCUT2D eigenvalue weighted by Gasteiger charge is 2.15. The number of aromatic amines is 1. The van der Waals surface area contributed by atoms with Gasteiger partial charge < -0.3 is 9.72 Å². The van der Waals surface area contributed by atoms with Gasteiger partial charge in [-0.15, -0.1) is 5.10 Å². The summed E-state index contributed by atoms with van der Waals surface area (Å²) in [6.07, 6.45) is 4.03. The number of tetrazole rings is 1. The SMILES string of the molecule is COc1ccc2[nH]c(=O)c(-c3nnnn3Cc3cccc(C=Cc4ccc5ccccc5n4)c3)cc2c1. The van der Waals surface area contributed by atoms with Crippen molar-refractivity contribution in [3.8, 4) is 17.1 Å². The number of pyridine rings is 2. The summed E-state index contributed by atoms with van der Waals surface area (Å²) in [5.41, 5.74) is 4.73. The maximum atomic E-state index is 12.8. The Kier molecular flexibility index (Phi) is 5.74. The zero-order valence-corrected chi connectivity index (χ0v) is 20.0. The van der Waals surface area contributed by atoms with Crippen molar-refractivity contribution in [2.45, 2.75) is 6.54 Å². The number of aromatic nitrogens is 6. The first-order chi connectivity index (χ1) is 18.2. The summed E-state index contributed by atoms with van der Waals surface area (Å²) in [5, 5.41) is 14.1. The van der Waals surface area contributed by atoms with E-state index in [-0.39, 0.29) is 5.56 Å². The zero-order chi connectivity index (χ0) is 25.2. The number of nitrogens with one attached hydrogen (secondary N) is 1. The van der Waals surface area contributed by atoms with Gasteiger partial charge in [0.05, 0.1) is 30.4 Å². The van der Waals surface area contributed by atoms with E-state index in [2.05, 4.69) is 38.7 Å². The van der Waals surface area contributed by atoms with Crippen LogP contribution < -0.4 is 10.3 Å². The molecule has 6 rings (SSSR count). The lowest BCUT2D eigenvalue weighted by Crippen LogP contribution is -2.13. The molecule has 0 radical (unpaired) electrons. The smallest absolute Gasteiger partial charge is 0.259 e. The molecule has 0 aliphatic heterocycles. The molecular formula is C29H22N6O2. The Labute approximate surface area is 211 Å². The molecule has 0 unspecified atom stereocenters. The minimum Gasteiger partial charge on any atom is -0.497 e. The average Bonchev–Trinajstić information content (AvgIpc) is 3.39. The minimum atomic E-state index is -0.256. The highest BCUT2D eigenvalue weighted by atomic mass is 16.5. The molecule has 0 fully saturated rings. The first-order valence-corrected chi connectivity index (χ1v) is 11.8. The lowest BCUT2D eigenvalue weighted by atomic mass is 10.1. The number of rotatable bonds is 6. The standard InChI is InChI=1S/C29H22N6O2/c1-37-24-13-14-27-22(16-24)17-25(29(36)31-27)28-32-33-34-35(28)18-20-6-4-5-19(15-20)9-11-23-12-10-21-7-2-3-8-26(21)30-23/h2-17H,18H2,1H3,(H,31,36). The highest BCUT2D eigenvalue weighted by Crippen LogP contribution is 2.22. The molecule has 0 atom stereocenters. The maximum Gasteiger partial charge on any atom is 0.259 e. The Morgan fingerprint density at radius 3 is 2.76 bits per heavy atom. The van der Waals surface area contributed by atoms with Gasteiger partial charge in [0.2, 0.25) is 0 Å². The van der Waals surface area contributed by atoms with Gasteiger partial charge in [0.25, 0.3) is 5.56 Å². The lowest BCUT2D eigenvalue weighted by Gasteiger charge is -2.07. The first kappa shape index (κ1) is 22.4. The third-order valence-electron chi connectivity index (χ3n) is 6.17. The average molecular weight is 487 g/mol. The monoisotopic (exact) mass is 486 g/mol. The second-order valence-electron chi connectivity index (χ2n) is 8.63. The molecule has 0 bridgehead atoms. The molecule has 0 aliphatic rings. The van der Waals surface area contributed by atoms with Crippen LogP contribution in [0.5, 0.6) is 5.75 Å². The van der Waals surface area contributed by atoms with E-state index in [0.717, 1.165) is 33.1 Å². The molecular weight excluding hydrogens is 464 g/mol. The molecule has 3 heterocycles. The Morgan fingerprint density at radius 2 is 1.84 bits per heavy atom. The lowest BCUT2D eigenvalue weighted by molar-refractivity contribution is 0.415. The van der Waals surface area contributed by atoms with E-state index >= 15 is 0 Å². The summed E-state index contributed by atoms with van der Waals surface area (Å²) in [7, 11) is 1.61. The third kappa shape index (κ3) is 4.60. The van der Waals surface area contributed by atoms with Gasteiger partial charge in [-0.3, -0.25) is 4.79 Å². The Bertz CT molecular complexity index is 1840. The Balaban J connectivity index is 1.27. The fraction of sp³-hybridized carbons (Fsp3) is 0.0690. The van der Waals surface area contributed by atoms with Gasteiger partial charge >= 0.3 is 0 Å². The molecule has 0 aliphatic carbocycles. The van der Waals surface area contributed by atoms with E-state index in [9.17, 15) is 4.79 Å². The van der Waals surface area contributed by atoms with E-state index in [1.165, 1.54) is 0 Å². The van der Waals surface area contributed by atoms with Gasteiger partial charge in [-0.2, -0.15) is 0 Å². The molecule has 1 N–H and O–H groups in total. The summed E-state index contributed by atoms with van der Waals surface area (Å²) >= 11 is 0. The molecule has 0 amide bonds. The van der Waals surface area contributed by atoms with Crippen LogP contribution in [-0.4, -0.2) is 37.3 Å². The van der Waals surface area contributed by atoms with Crippen LogP contribution in [0.4, 0.5) is 0 Å². The van der Waals surface area contributed by atoms with Gasteiger partial charge in [0.1, 0.15) is 5.75 Å². The number of para-hydroxylation sites is 1. The summed E-state index contributed by atoms with van der Waals surface area (Å²) in [6, 6.07) is 27.5. The molecule has 8 nitrogen and oxygen atoms in total. The molecule has 37 heavy (non-hydrogen) atoms. The molecule has 180 valence electrons. The second-order valence-corrected chi connectivity index (χ2v) is 8.63. The van der Waals surface area contributed by atoms with Crippen molar-refractivity contribution in [2.75, 3.05) is 7.11 Å². The summed E-state index contributed by atoms with van der Waals surface area (Å²) < 4.78 is 6.95. The largest absolute Gasteiger partial charge is 0.497 e. The van der Waals surface area contributed by atoms with Gasteiger partial charge in [-0.05, 0) is 70.1 Å². The van der Waals surface area contributed by atoms with Crippen molar-refractivity contribution >= 4 is 34.0 Å². The van der Waals surface area contributed by atoms with Crippen LogP contribution >= 0.6 is 0 Å². The van der Waals surface area contributed by atoms with Crippen LogP contribution in [0, 0.1) is 0 Å². The van der Waals surface area contributed by atoms with Gasteiger partial charge in [0.15, 0.2) is 5.82 Å². The second kappa shape index (κ2) is 9.50. The molecule has 3 aromatic carbocycles. The number of benzene rings is 3. The number of nitrogens with zero attached hydrogens (tertiary/aromatic N) is 5. The van der Waals surface area contributed by atoms with E-state index in [1.807, 2.05) is 66.7 Å². The number of hydrogen-bond donors (Lipinski definition) is 1. The van der Waals surface area contributed by atoms with E-state index in [4.69, 9.17) is 9.72 Å². The third-order valence-corrected chi connectivity index (χ3v) is 6.17. The summed E-state index contributed by atoms with van der Waals surface area (Å²) in [5.74, 6) is 1.10. The quantitative estimate of drug-likeness (QED) is 0.357. The molecule has 3 aromatic heterocycles. The highest BCUT2D eigenvalue weighted by molar-refractivity contribution is 5.84. The van der Waals surface area contributed by atoms with Crippen molar-refractivity contribution in [2.24, 2.45) is 0 Å². The van der Waals surface area contributed by atoms with E-state index in [0.29, 0.717) is 29.2 Å². The number of ether oxygens (including phenoxy) is 1. The topological polar surface area (TPSA) is 98.6 Å². The fourth-order valence-corrected chi connectivity index (χ4v) is 4.31. The summed E-state index contributed by atoms with van der Waals surface area (Å²) in [4.78, 5) is 20.4. The normalized spacial score (nSPS) is 11.5. The van der Waals surface area contributed by atoms with Crippen LogP contribution in [0.1, 0.15) is 16.8 Å². The van der Waals surface area contributed by atoms with Crippen LogP contribution in [0.2, 0.25) is 0 Å². The summed E-state index contributed by atoms with van der Waals surface area (Å²) in [6.45, 7) is 0.411. The van der Waals surface area contributed by atoms with Crippen molar-refractivity contribution < 1.29 is 4.74 Å². The first-order valence-electron chi connectivity index (χ1n) is 11.8. The van der Waals surface area contributed by atoms with Crippen molar-refractivity contribution in [1.82, 2.24) is 30.2 Å². The van der Waals surface area contributed by atoms with E-state index in [1.54, 1.807) is 23.9 Å². The molecule has 0 saturated carbocycles. The van der Waals surface area contributed by atoms with Crippen LogP contribution in [0.15, 0.2) is 89.7 Å². The number of methoxy groups -OCH3 is 1. The van der Waals surface area contributed by atoms with Crippen molar-refractivity contribution in [3.63, 3.8) is 0 Å². The molecule has 0 saturated heterocycles. The predicted molar refractivity (Wildman–Crippen MR) is 144 cm³/mol. The predicted octanol–water partition coefficient (Wildman–Crippen LogP) is 4.96. The van der Waals surface area contributed by atoms with E-state index < -0.39 is 0 Å². The fourth-order valence-electron chi connectivity index (χ4n) is 4.31. The number of fused-ring (bicyclic) bond motifs is 2. The molecule has 0 spiro atoms.